The first-order valence-electron chi connectivity index (χ1n) is 10.0. The molecule has 27 heavy (non-hydrogen) atoms. The number of rotatable bonds is 4. The molecule has 0 aromatic heterocycles. The van der Waals surface area contributed by atoms with Gasteiger partial charge in [0.15, 0.2) is 0 Å². The van der Waals surface area contributed by atoms with Gasteiger partial charge < -0.3 is 14.8 Å². The Balaban J connectivity index is 1.49. The zero-order valence-corrected chi connectivity index (χ0v) is 18.0. The van der Waals surface area contributed by atoms with Crippen LogP contribution < -0.4 is 10.1 Å². The molecule has 3 aliphatic heterocycles. The number of benzene rings is 1. The lowest BCUT2D eigenvalue weighted by Gasteiger charge is -2.44. The molecule has 0 radical (unpaired) electrons. The predicted molar refractivity (Wildman–Crippen MR) is 108 cm³/mol. The van der Waals surface area contributed by atoms with Crippen LogP contribution in [0.25, 0.3) is 0 Å². The number of carbonyl (C=O) groups excluding carboxylic acids is 1. The van der Waals surface area contributed by atoms with Gasteiger partial charge in [-0.2, -0.15) is 0 Å². The van der Waals surface area contributed by atoms with Gasteiger partial charge in [0.2, 0.25) is 0 Å². The number of nitrogens with zero attached hydrogens (tertiary/aromatic N) is 1. The van der Waals surface area contributed by atoms with Gasteiger partial charge in [0.05, 0.1) is 17.1 Å². The molecule has 1 aliphatic carbocycles. The van der Waals surface area contributed by atoms with Gasteiger partial charge in [-0.05, 0) is 89.8 Å². The molecule has 4 aliphatic rings. The van der Waals surface area contributed by atoms with Crippen molar-refractivity contribution >= 4 is 22.0 Å². The lowest BCUT2D eigenvalue weighted by molar-refractivity contribution is -0.0349. The van der Waals surface area contributed by atoms with Crippen LogP contribution >= 0.6 is 15.9 Å². The van der Waals surface area contributed by atoms with Crippen molar-refractivity contribution in [3.63, 3.8) is 0 Å². The fourth-order valence-electron chi connectivity index (χ4n) is 4.92. The van der Waals surface area contributed by atoms with Crippen LogP contribution in [0.1, 0.15) is 50.8 Å². The molecule has 3 saturated heterocycles. The first kappa shape index (κ1) is 19.1. The minimum Gasteiger partial charge on any atom is -0.493 e. The summed E-state index contributed by atoms with van der Waals surface area (Å²) in [5.41, 5.74) is 2.32. The second-order valence-corrected chi connectivity index (χ2v) is 9.59. The van der Waals surface area contributed by atoms with Gasteiger partial charge >= 0.3 is 6.09 Å². The van der Waals surface area contributed by atoms with Crippen molar-refractivity contribution in [2.75, 3.05) is 26.2 Å². The van der Waals surface area contributed by atoms with Crippen molar-refractivity contribution in [1.29, 1.82) is 0 Å². The van der Waals surface area contributed by atoms with E-state index in [9.17, 15) is 4.79 Å². The monoisotopic (exact) mass is 436 g/mol. The van der Waals surface area contributed by atoms with E-state index in [-0.39, 0.29) is 23.7 Å². The molecular formula is C21H29BrN2O3. The van der Waals surface area contributed by atoms with Gasteiger partial charge in [-0.3, -0.25) is 4.90 Å². The molecule has 1 N–H and O–H groups in total. The van der Waals surface area contributed by atoms with Crippen molar-refractivity contribution < 1.29 is 14.3 Å². The molecule has 1 aromatic carbocycles. The Kier molecular flexibility index (Phi) is 5.14. The normalized spacial score (nSPS) is 30.7. The van der Waals surface area contributed by atoms with Crippen molar-refractivity contribution in [1.82, 2.24) is 10.2 Å². The third-order valence-corrected chi connectivity index (χ3v) is 6.97. The van der Waals surface area contributed by atoms with Crippen LogP contribution in [0, 0.1) is 11.3 Å². The molecule has 0 saturated carbocycles. The highest BCUT2D eigenvalue weighted by molar-refractivity contribution is 9.10. The minimum absolute atomic E-state index is 0.0281. The van der Waals surface area contributed by atoms with Crippen LogP contribution in [-0.2, 0) is 11.2 Å². The quantitative estimate of drug-likeness (QED) is 0.764. The van der Waals surface area contributed by atoms with Crippen LogP contribution in [0.3, 0.4) is 0 Å². The summed E-state index contributed by atoms with van der Waals surface area (Å²) < 4.78 is 12.6. The van der Waals surface area contributed by atoms with E-state index in [1.165, 1.54) is 5.56 Å². The lowest BCUT2D eigenvalue weighted by atomic mass is 9.85. The van der Waals surface area contributed by atoms with Crippen molar-refractivity contribution in [2.24, 2.45) is 11.3 Å². The van der Waals surface area contributed by atoms with Gasteiger partial charge in [0.1, 0.15) is 11.9 Å². The van der Waals surface area contributed by atoms with Crippen molar-refractivity contribution in [2.45, 2.75) is 52.2 Å². The first-order chi connectivity index (χ1) is 12.9. The number of alkyl carbamates (subject to hydrolysis) is 1. The summed E-state index contributed by atoms with van der Waals surface area (Å²) in [6.07, 6.45) is 2.93. The second kappa shape index (κ2) is 7.28. The average Bonchev–Trinajstić information content (AvgIpc) is 2.86. The Morgan fingerprint density at radius 1 is 1.33 bits per heavy atom. The third-order valence-electron chi connectivity index (χ3n) is 6.35. The predicted octanol–water partition coefficient (Wildman–Crippen LogP) is 4.29. The Bertz CT molecular complexity index is 728. The number of hydrogen-bond acceptors (Lipinski definition) is 4. The number of carbonyl (C=O) groups is 1. The zero-order chi connectivity index (χ0) is 19.2. The third kappa shape index (κ3) is 3.70. The van der Waals surface area contributed by atoms with E-state index >= 15 is 0 Å². The average molecular weight is 437 g/mol. The number of hydrogen-bond donors (Lipinski definition) is 1. The highest BCUT2D eigenvalue weighted by Gasteiger charge is 2.42. The lowest BCUT2D eigenvalue weighted by Crippen LogP contribution is -2.53. The standard InChI is InChI=1S/C21H29BrN2O3/c1-4-26-17-10-15-14(9-16(17)22)11-21(2,3)19(15)23-20(25)27-18-12-24-7-5-13(18)6-8-24/h9-10,13,18-19H,4-8,11-12H2,1-3H3,(H,23,25)/t18-,19+/m1/s1. The van der Waals surface area contributed by atoms with Crippen molar-refractivity contribution in [3.05, 3.63) is 27.7 Å². The minimum atomic E-state index is -0.291. The Labute approximate surface area is 169 Å². The number of ether oxygens (including phenoxy) is 2. The van der Waals surface area contributed by atoms with Crippen molar-refractivity contribution in [3.8, 4) is 5.75 Å². The first-order valence-corrected chi connectivity index (χ1v) is 10.8. The highest BCUT2D eigenvalue weighted by Crippen LogP contribution is 2.48. The number of fused-ring (bicyclic) bond motifs is 4. The van der Waals surface area contributed by atoms with E-state index in [4.69, 9.17) is 9.47 Å². The smallest absolute Gasteiger partial charge is 0.407 e. The molecule has 3 heterocycles. The van der Waals surface area contributed by atoms with Crippen LogP contribution in [0.2, 0.25) is 0 Å². The Morgan fingerprint density at radius 3 is 2.70 bits per heavy atom. The molecule has 2 bridgehead atoms. The highest BCUT2D eigenvalue weighted by atomic mass is 79.9. The summed E-state index contributed by atoms with van der Waals surface area (Å²) >= 11 is 3.60. The molecule has 2 atom stereocenters. The van der Waals surface area contributed by atoms with E-state index in [0.717, 1.165) is 54.7 Å². The van der Waals surface area contributed by atoms with Gasteiger partial charge in [0.25, 0.3) is 0 Å². The van der Waals surface area contributed by atoms with Crippen LogP contribution in [0.5, 0.6) is 5.75 Å². The summed E-state index contributed by atoms with van der Waals surface area (Å²) in [5, 5.41) is 3.17. The molecule has 3 fully saturated rings. The molecule has 6 heteroatoms. The molecular weight excluding hydrogens is 408 g/mol. The number of nitrogens with one attached hydrogen (secondary N) is 1. The Morgan fingerprint density at radius 2 is 2.07 bits per heavy atom. The number of amides is 1. The van der Waals surface area contributed by atoms with E-state index < -0.39 is 0 Å². The maximum absolute atomic E-state index is 12.7. The van der Waals surface area contributed by atoms with Crippen LogP contribution in [-0.4, -0.2) is 43.3 Å². The van der Waals surface area contributed by atoms with E-state index in [0.29, 0.717) is 12.5 Å². The van der Waals surface area contributed by atoms with E-state index in [1.807, 2.05) is 6.92 Å². The molecule has 1 amide bonds. The SMILES string of the molecule is CCOc1cc2c(cc1Br)CC(C)(C)[C@H]2NC(=O)O[C@@H]1CN2CCC1CC2. The summed E-state index contributed by atoms with van der Waals surface area (Å²) in [6, 6.07) is 4.12. The van der Waals surface area contributed by atoms with Gasteiger partial charge in [0, 0.05) is 6.54 Å². The molecule has 0 unspecified atom stereocenters. The van der Waals surface area contributed by atoms with Crippen LogP contribution in [0.4, 0.5) is 4.79 Å². The topological polar surface area (TPSA) is 50.8 Å². The largest absolute Gasteiger partial charge is 0.493 e. The van der Waals surface area contributed by atoms with E-state index in [2.05, 4.69) is 52.1 Å². The number of halogens is 1. The molecule has 0 spiro atoms. The fourth-order valence-corrected chi connectivity index (χ4v) is 5.42. The van der Waals surface area contributed by atoms with Gasteiger partial charge in [-0.1, -0.05) is 13.8 Å². The molecule has 148 valence electrons. The fraction of sp³-hybridized carbons (Fsp3) is 0.667. The molecule has 1 aromatic rings. The maximum atomic E-state index is 12.7. The van der Waals surface area contributed by atoms with E-state index in [1.54, 1.807) is 0 Å². The summed E-state index contributed by atoms with van der Waals surface area (Å²) in [4.78, 5) is 15.1. The maximum Gasteiger partial charge on any atom is 0.407 e. The van der Waals surface area contributed by atoms with Gasteiger partial charge in [-0.15, -0.1) is 0 Å². The van der Waals surface area contributed by atoms with Gasteiger partial charge in [-0.25, -0.2) is 4.79 Å². The second-order valence-electron chi connectivity index (χ2n) is 8.74. The summed E-state index contributed by atoms with van der Waals surface area (Å²) in [5.74, 6) is 1.34. The van der Waals surface area contributed by atoms with Crippen LogP contribution in [0.15, 0.2) is 16.6 Å². The molecule has 5 nitrogen and oxygen atoms in total. The zero-order valence-electron chi connectivity index (χ0n) is 16.4. The summed E-state index contributed by atoms with van der Waals surface area (Å²) in [7, 11) is 0. The molecule has 5 rings (SSSR count). The number of piperidine rings is 3. The Hall–Kier alpha value is -1.27. The summed E-state index contributed by atoms with van der Waals surface area (Å²) in [6.45, 7) is 10.1.